The zero-order chi connectivity index (χ0) is 22.8. The topological polar surface area (TPSA) is 66.5 Å². The van der Waals surface area contributed by atoms with Gasteiger partial charge in [0, 0.05) is 24.2 Å². The lowest BCUT2D eigenvalue weighted by Crippen LogP contribution is -2.26. The van der Waals surface area contributed by atoms with Crippen molar-refractivity contribution in [2.75, 3.05) is 11.8 Å². The summed E-state index contributed by atoms with van der Waals surface area (Å²) >= 11 is 5.91. The molecule has 0 aliphatic rings. The third-order valence-electron chi connectivity index (χ3n) is 5.03. The van der Waals surface area contributed by atoms with E-state index >= 15 is 0 Å². The van der Waals surface area contributed by atoms with Crippen molar-refractivity contribution in [3.8, 4) is 0 Å². The number of amides is 1. The number of sulfonamides is 1. The SMILES string of the molecule is Cc1ccc(NS(=O)(=O)c2cc(C(=O)N(C)Cc3ccc(Cl)cc3)ccc2C)c(C)c1. The molecule has 0 aromatic heterocycles. The molecule has 0 radical (unpaired) electrons. The minimum absolute atomic E-state index is 0.0817. The fourth-order valence-electron chi connectivity index (χ4n) is 3.31. The number of anilines is 1. The largest absolute Gasteiger partial charge is 0.337 e. The summed E-state index contributed by atoms with van der Waals surface area (Å²) in [5.74, 6) is -0.266. The van der Waals surface area contributed by atoms with Crippen molar-refractivity contribution < 1.29 is 13.2 Å². The molecule has 0 saturated heterocycles. The molecule has 0 spiro atoms. The summed E-state index contributed by atoms with van der Waals surface area (Å²) in [5.41, 5.74) is 4.19. The minimum atomic E-state index is -3.86. The Labute approximate surface area is 188 Å². The van der Waals surface area contributed by atoms with Crippen molar-refractivity contribution in [3.63, 3.8) is 0 Å². The number of aryl methyl sites for hydroxylation is 3. The highest BCUT2D eigenvalue weighted by molar-refractivity contribution is 7.92. The van der Waals surface area contributed by atoms with Gasteiger partial charge in [-0.2, -0.15) is 0 Å². The van der Waals surface area contributed by atoms with Crippen LogP contribution in [-0.4, -0.2) is 26.3 Å². The van der Waals surface area contributed by atoms with Gasteiger partial charge in [-0.15, -0.1) is 0 Å². The normalized spacial score (nSPS) is 11.3. The Balaban J connectivity index is 1.86. The Morgan fingerprint density at radius 2 is 1.61 bits per heavy atom. The van der Waals surface area contributed by atoms with E-state index in [1.54, 1.807) is 49.2 Å². The van der Waals surface area contributed by atoms with Gasteiger partial charge >= 0.3 is 0 Å². The number of hydrogen-bond donors (Lipinski definition) is 1. The van der Waals surface area contributed by atoms with Gasteiger partial charge in [-0.3, -0.25) is 9.52 Å². The number of benzene rings is 3. The van der Waals surface area contributed by atoms with Gasteiger partial charge in [0.2, 0.25) is 0 Å². The van der Waals surface area contributed by atoms with Gasteiger partial charge in [-0.25, -0.2) is 8.42 Å². The molecule has 0 atom stereocenters. The van der Waals surface area contributed by atoms with Crippen LogP contribution in [-0.2, 0) is 16.6 Å². The standard InChI is InChI=1S/C24H25ClN2O3S/c1-16-5-12-22(18(3)13-16)26-31(29,30)23-14-20(9-6-17(23)2)24(28)27(4)15-19-7-10-21(25)11-8-19/h5-14,26H,15H2,1-4H3. The van der Waals surface area contributed by atoms with Crippen LogP contribution in [0.25, 0.3) is 0 Å². The van der Waals surface area contributed by atoms with Crippen molar-refractivity contribution in [1.29, 1.82) is 0 Å². The summed E-state index contributed by atoms with van der Waals surface area (Å²) in [6, 6.07) is 17.5. The second-order valence-electron chi connectivity index (χ2n) is 7.69. The van der Waals surface area contributed by atoms with E-state index in [9.17, 15) is 13.2 Å². The van der Waals surface area contributed by atoms with Crippen LogP contribution in [0.5, 0.6) is 0 Å². The lowest BCUT2D eigenvalue weighted by Gasteiger charge is -2.19. The first kappa shape index (κ1) is 22.8. The maximum Gasteiger partial charge on any atom is 0.262 e. The molecule has 0 aliphatic carbocycles. The summed E-state index contributed by atoms with van der Waals surface area (Å²) in [4.78, 5) is 14.6. The van der Waals surface area contributed by atoms with Crippen molar-refractivity contribution in [2.24, 2.45) is 0 Å². The predicted molar refractivity (Wildman–Crippen MR) is 125 cm³/mol. The number of nitrogens with zero attached hydrogens (tertiary/aromatic N) is 1. The van der Waals surface area contributed by atoms with E-state index in [2.05, 4.69) is 4.72 Å². The summed E-state index contributed by atoms with van der Waals surface area (Å²) in [6.07, 6.45) is 0. The Morgan fingerprint density at radius 1 is 0.935 bits per heavy atom. The van der Waals surface area contributed by atoms with E-state index < -0.39 is 10.0 Å². The van der Waals surface area contributed by atoms with Crippen LogP contribution in [0.4, 0.5) is 5.69 Å². The first-order valence-corrected chi connectivity index (χ1v) is 11.6. The van der Waals surface area contributed by atoms with Gasteiger partial charge in [0.25, 0.3) is 15.9 Å². The number of nitrogens with one attached hydrogen (secondary N) is 1. The molecule has 0 fully saturated rings. The molecule has 0 heterocycles. The molecule has 5 nitrogen and oxygen atoms in total. The molecule has 1 N–H and O–H groups in total. The molecule has 0 unspecified atom stereocenters. The number of halogens is 1. The van der Waals surface area contributed by atoms with Gasteiger partial charge in [-0.05, 0) is 67.8 Å². The molecule has 1 amide bonds. The van der Waals surface area contributed by atoms with Crippen LogP contribution in [0.3, 0.4) is 0 Å². The van der Waals surface area contributed by atoms with Crippen LogP contribution in [0.15, 0.2) is 65.6 Å². The average molecular weight is 457 g/mol. The van der Waals surface area contributed by atoms with Crippen LogP contribution in [0, 0.1) is 20.8 Å². The first-order valence-electron chi connectivity index (χ1n) is 9.77. The van der Waals surface area contributed by atoms with Crippen LogP contribution in [0.2, 0.25) is 5.02 Å². The van der Waals surface area contributed by atoms with Crippen molar-refractivity contribution >= 4 is 33.2 Å². The monoisotopic (exact) mass is 456 g/mol. The van der Waals surface area contributed by atoms with Crippen LogP contribution in [0.1, 0.15) is 32.6 Å². The van der Waals surface area contributed by atoms with Gasteiger partial charge in [-0.1, -0.05) is 47.5 Å². The fraction of sp³-hybridized carbons (Fsp3) is 0.208. The molecule has 3 aromatic rings. The van der Waals surface area contributed by atoms with E-state index in [4.69, 9.17) is 11.6 Å². The van der Waals surface area contributed by atoms with Crippen LogP contribution >= 0.6 is 11.6 Å². The van der Waals surface area contributed by atoms with Crippen molar-refractivity contribution in [2.45, 2.75) is 32.2 Å². The summed E-state index contributed by atoms with van der Waals surface area (Å²) in [6.45, 7) is 5.89. The maximum atomic E-state index is 13.1. The van der Waals surface area contributed by atoms with E-state index in [1.807, 2.05) is 38.1 Å². The maximum absolute atomic E-state index is 13.1. The number of carbonyl (C=O) groups is 1. The Bertz CT molecular complexity index is 1220. The second kappa shape index (κ2) is 9.12. The fourth-order valence-corrected chi connectivity index (χ4v) is 4.83. The highest BCUT2D eigenvalue weighted by Gasteiger charge is 2.21. The zero-order valence-corrected chi connectivity index (χ0v) is 19.5. The van der Waals surface area contributed by atoms with Crippen molar-refractivity contribution in [1.82, 2.24) is 4.90 Å². The highest BCUT2D eigenvalue weighted by Crippen LogP contribution is 2.24. The van der Waals surface area contributed by atoms with Crippen molar-refractivity contribution in [3.05, 3.63) is 93.5 Å². The molecule has 7 heteroatoms. The third kappa shape index (κ3) is 5.46. The van der Waals surface area contributed by atoms with E-state index in [-0.39, 0.29) is 10.8 Å². The second-order valence-corrected chi connectivity index (χ2v) is 9.78. The first-order chi connectivity index (χ1) is 14.6. The number of hydrogen-bond acceptors (Lipinski definition) is 3. The average Bonchev–Trinajstić information content (AvgIpc) is 2.71. The number of rotatable bonds is 6. The lowest BCUT2D eigenvalue weighted by atomic mass is 10.1. The Kier molecular flexibility index (Phi) is 6.72. The summed E-state index contributed by atoms with van der Waals surface area (Å²) < 4.78 is 28.8. The predicted octanol–water partition coefficient (Wildman–Crippen LogP) is 5.34. The molecular weight excluding hydrogens is 432 g/mol. The van der Waals surface area contributed by atoms with Gasteiger partial charge in [0.15, 0.2) is 0 Å². The Hall–Kier alpha value is -2.83. The van der Waals surface area contributed by atoms with E-state index in [0.29, 0.717) is 28.4 Å². The summed E-state index contributed by atoms with van der Waals surface area (Å²) in [5, 5.41) is 0.627. The minimum Gasteiger partial charge on any atom is -0.337 e. The lowest BCUT2D eigenvalue weighted by molar-refractivity contribution is 0.0785. The molecule has 0 saturated carbocycles. The number of carbonyl (C=O) groups excluding carboxylic acids is 1. The molecule has 0 aliphatic heterocycles. The molecule has 3 rings (SSSR count). The molecule has 162 valence electrons. The van der Waals surface area contributed by atoms with E-state index in [0.717, 1.165) is 16.7 Å². The van der Waals surface area contributed by atoms with Crippen LogP contribution < -0.4 is 4.72 Å². The highest BCUT2D eigenvalue weighted by atomic mass is 35.5. The third-order valence-corrected chi connectivity index (χ3v) is 6.79. The van der Waals surface area contributed by atoms with Gasteiger partial charge in [0.1, 0.15) is 0 Å². The quantitative estimate of drug-likeness (QED) is 0.544. The molecule has 31 heavy (non-hydrogen) atoms. The summed E-state index contributed by atoms with van der Waals surface area (Å²) in [7, 11) is -2.18. The van der Waals surface area contributed by atoms with Gasteiger partial charge in [0.05, 0.1) is 10.6 Å². The van der Waals surface area contributed by atoms with E-state index in [1.165, 1.54) is 6.07 Å². The molecule has 0 bridgehead atoms. The molecular formula is C24H25ClN2O3S. The van der Waals surface area contributed by atoms with Gasteiger partial charge < -0.3 is 4.90 Å². The molecule has 3 aromatic carbocycles. The smallest absolute Gasteiger partial charge is 0.262 e. The Morgan fingerprint density at radius 3 is 2.26 bits per heavy atom. The zero-order valence-electron chi connectivity index (χ0n) is 17.9.